The van der Waals surface area contributed by atoms with Crippen LogP contribution in [0, 0.1) is 11.8 Å². The van der Waals surface area contributed by atoms with Gasteiger partial charge >= 0.3 is 0 Å². The van der Waals surface area contributed by atoms with E-state index in [0.717, 1.165) is 19.3 Å². The van der Waals surface area contributed by atoms with Crippen molar-refractivity contribution in [3.8, 4) is 0 Å². The van der Waals surface area contributed by atoms with E-state index in [-0.39, 0.29) is 23.5 Å². The molecule has 108 valence electrons. The third-order valence-corrected chi connectivity index (χ3v) is 5.14. The number of sulfonamides is 1. The summed E-state index contributed by atoms with van der Waals surface area (Å²) in [5.74, 6) is 0.448. The number of nitrogens with zero attached hydrogens (tertiary/aromatic N) is 2. The van der Waals surface area contributed by atoms with Gasteiger partial charge in [-0.25, -0.2) is 18.1 Å². The molecule has 19 heavy (non-hydrogen) atoms. The van der Waals surface area contributed by atoms with E-state index in [1.54, 1.807) is 4.57 Å². The molecule has 2 rings (SSSR count). The van der Waals surface area contributed by atoms with Crippen LogP contribution >= 0.6 is 0 Å². The molecule has 1 aromatic heterocycles. The van der Waals surface area contributed by atoms with Gasteiger partial charge in [0.2, 0.25) is 0 Å². The predicted octanol–water partition coefficient (Wildman–Crippen LogP) is 0.590. The average molecular weight is 287 g/mol. The van der Waals surface area contributed by atoms with Crippen LogP contribution in [0.5, 0.6) is 0 Å². The first-order valence-electron chi connectivity index (χ1n) is 6.69. The average Bonchev–Trinajstić information content (AvgIpc) is 3.05. The van der Waals surface area contributed by atoms with Crippen LogP contribution in [-0.2, 0) is 16.6 Å². The molecule has 0 saturated heterocycles. The molecule has 0 bridgehead atoms. The summed E-state index contributed by atoms with van der Waals surface area (Å²) in [5.41, 5.74) is 0. The van der Waals surface area contributed by atoms with E-state index in [1.807, 2.05) is 6.92 Å². The Balaban J connectivity index is 1.97. The minimum Gasteiger partial charge on any atom is -0.396 e. The number of imidazole rings is 1. The van der Waals surface area contributed by atoms with Crippen molar-refractivity contribution < 1.29 is 13.5 Å². The van der Waals surface area contributed by atoms with Crippen molar-refractivity contribution >= 4 is 10.0 Å². The molecule has 1 aliphatic carbocycles. The molecule has 1 heterocycles. The maximum absolute atomic E-state index is 12.1. The van der Waals surface area contributed by atoms with Crippen molar-refractivity contribution in [2.75, 3.05) is 13.2 Å². The van der Waals surface area contributed by atoms with Gasteiger partial charge in [-0.2, -0.15) is 0 Å². The minimum absolute atomic E-state index is 0.0629. The lowest BCUT2D eigenvalue weighted by Crippen LogP contribution is -2.32. The lowest BCUT2D eigenvalue weighted by atomic mass is 9.97. The number of rotatable bonds is 6. The van der Waals surface area contributed by atoms with E-state index in [2.05, 4.69) is 9.71 Å². The molecule has 0 radical (unpaired) electrons. The monoisotopic (exact) mass is 287 g/mol. The second kappa shape index (κ2) is 6.02. The molecule has 7 heteroatoms. The number of aryl methyl sites for hydroxylation is 1. The number of aromatic nitrogens is 2. The van der Waals surface area contributed by atoms with Crippen LogP contribution in [0.3, 0.4) is 0 Å². The van der Waals surface area contributed by atoms with E-state index in [0.29, 0.717) is 13.1 Å². The molecule has 2 unspecified atom stereocenters. The van der Waals surface area contributed by atoms with Crippen LogP contribution in [0.2, 0.25) is 0 Å². The van der Waals surface area contributed by atoms with Crippen LogP contribution < -0.4 is 4.72 Å². The van der Waals surface area contributed by atoms with E-state index >= 15 is 0 Å². The molecule has 2 N–H and O–H groups in total. The van der Waals surface area contributed by atoms with E-state index < -0.39 is 10.0 Å². The Kier molecular flexibility index (Phi) is 4.59. The predicted molar refractivity (Wildman–Crippen MR) is 71.0 cm³/mol. The number of aliphatic hydroxyl groups is 1. The number of hydrogen-bond donors (Lipinski definition) is 2. The van der Waals surface area contributed by atoms with Crippen LogP contribution in [-0.4, -0.2) is 36.2 Å². The number of nitrogens with one attached hydrogen (secondary N) is 1. The van der Waals surface area contributed by atoms with Crippen LogP contribution in [0.4, 0.5) is 0 Å². The zero-order chi connectivity index (χ0) is 13.9. The minimum atomic E-state index is -3.53. The summed E-state index contributed by atoms with van der Waals surface area (Å²) in [6, 6.07) is 0. The first-order chi connectivity index (χ1) is 9.06. The molecular formula is C12H21N3O3S. The first kappa shape index (κ1) is 14.5. The van der Waals surface area contributed by atoms with Crippen LogP contribution in [0.25, 0.3) is 0 Å². The Bertz CT molecular complexity index is 512. The molecule has 0 spiro atoms. The molecular weight excluding hydrogens is 266 g/mol. The second-order valence-corrected chi connectivity index (χ2v) is 6.74. The molecule has 0 aliphatic heterocycles. The van der Waals surface area contributed by atoms with Crippen molar-refractivity contribution in [2.45, 2.75) is 37.8 Å². The summed E-state index contributed by atoms with van der Waals surface area (Å²) in [6.45, 7) is 3.14. The Hall–Kier alpha value is -0.920. The quantitative estimate of drug-likeness (QED) is 0.802. The maximum atomic E-state index is 12.1. The fraction of sp³-hybridized carbons (Fsp3) is 0.750. The largest absolute Gasteiger partial charge is 0.396 e. The van der Waals surface area contributed by atoms with Gasteiger partial charge in [0.25, 0.3) is 10.0 Å². The lowest BCUT2D eigenvalue weighted by molar-refractivity contribution is 0.195. The third kappa shape index (κ3) is 3.34. The van der Waals surface area contributed by atoms with Crippen molar-refractivity contribution in [3.05, 3.63) is 12.5 Å². The highest BCUT2D eigenvalue weighted by Gasteiger charge is 2.28. The Morgan fingerprint density at radius 1 is 1.47 bits per heavy atom. The topological polar surface area (TPSA) is 84.2 Å². The van der Waals surface area contributed by atoms with Crippen LogP contribution in [0.1, 0.15) is 26.2 Å². The normalized spacial score (nSPS) is 23.9. The molecule has 1 aromatic rings. The molecule has 6 nitrogen and oxygen atoms in total. The van der Waals surface area contributed by atoms with Crippen molar-refractivity contribution in [1.29, 1.82) is 0 Å². The number of aliphatic hydroxyl groups excluding tert-OH is 1. The highest BCUT2D eigenvalue weighted by Crippen LogP contribution is 2.30. The van der Waals surface area contributed by atoms with Gasteiger partial charge in [-0.15, -0.1) is 0 Å². The van der Waals surface area contributed by atoms with E-state index in [1.165, 1.54) is 12.5 Å². The standard InChI is InChI=1S/C12H21N3O3S/c1-2-15-7-12(13-9-15)19(17,18)14-6-10-4-3-5-11(10)8-16/h7,9-11,14,16H,2-6,8H2,1H3. The van der Waals surface area contributed by atoms with Crippen molar-refractivity contribution in [1.82, 2.24) is 14.3 Å². The van der Waals surface area contributed by atoms with Gasteiger partial charge in [-0.3, -0.25) is 0 Å². The van der Waals surface area contributed by atoms with Gasteiger partial charge in [-0.05, 0) is 31.6 Å². The van der Waals surface area contributed by atoms with Gasteiger partial charge in [0.15, 0.2) is 5.03 Å². The summed E-state index contributed by atoms with van der Waals surface area (Å²) in [6.07, 6.45) is 6.05. The second-order valence-electron chi connectivity index (χ2n) is 5.03. The smallest absolute Gasteiger partial charge is 0.259 e. The van der Waals surface area contributed by atoms with E-state index in [4.69, 9.17) is 0 Å². The summed E-state index contributed by atoms with van der Waals surface area (Å²) in [5, 5.41) is 9.29. The molecule has 1 saturated carbocycles. The molecule has 2 atom stereocenters. The van der Waals surface area contributed by atoms with Crippen LogP contribution in [0.15, 0.2) is 17.6 Å². The fourth-order valence-electron chi connectivity index (χ4n) is 2.56. The van der Waals surface area contributed by atoms with Gasteiger partial charge in [0.05, 0.1) is 6.33 Å². The zero-order valence-corrected chi connectivity index (χ0v) is 11.9. The third-order valence-electron chi connectivity index (χ3n) is 3.84. The molecule has 1 aliphatic rings. The summed E-state index contributed by atoms with van der Waals surface area (Å²) in [7, 11) is -3.53. The SMILES string of the molecule is CCn1cnc(S(=O)(=O)NCC2CCCC2CO)c1. The van der Waals surface area contributed by atoms with Gasteiger partial charge < -0.3 is 9.67 Å². The van der Waals surface area contributed by atoms with Gasteiger partial charge in [-0.1, -0.05) is 6.42 Å². The van der Waals surface area contributed by atoms with Gasteiger partial charge in [0.1, 0.15) is 0 Å². The molecule has 1 fully saturated rings. The van der Waals surface area contributed by atoms with E-state index in [9.17, 15) is 13.5 Å². The maximum Gasteiger partial charge on any atom is 0.259 e. The molecule has 0 amide bonds. The van der Waals surface area contributed by atoms with Crippen molar-refractivity contribution in [2.24, 2.45) is 11.8 Å². The molecule has 0 aromatic carbocycles. The zero-order valence-electron chi connectivity index (χ0n) is 11.1. The summed E-state index contributed by atoms with van der Waals surface area (Å²) < 4.78 is 28.5. The van der Waals surface area contributed by atoms with Gasteiger partial charge in [0, 0.05) is 25.9 Å². The Morgan fingerprint density at radius 2 is 2.21 bits per heavy atom. The first-order valence-corrected chi connectivity index (χ1v) is 8.17. The fourth-order valence-corrected chi connectivity index (χ4v) is 3.61. The summed E-state index contributed by atoms with van der Waals surface area (Å²) in [4.78, 5) is 3.91. The highest BCUT2D eigenvalue weighted by molar-refractivity contribution is 7.89. The number of hydrogen-bond acceptors (Lipinski definition) is 4. The highest BCUT2D eigenvalue weighted by atomic mass is 32.2. The summed E-state index contributed by atoms with van der Waals surface area (Å²) >= 11 is 0. The Labute approximate surface area is 113 Å². The van der Waals surface area contributed by atoms with Crippen molar-refractivity contribution in [3.63, 3.8) is 0 Å². The lowest BCUT2D eigenvalue weighted by Gasteiger charge is -2.17. The Morgan fingerprint density at radius 3 is 2.84 bits per heavy atom.